The van der Waals surface area contributed by atoms with Crippen LogP contribution >= 0.6 is 11.3 Å². The highest BCUT2D eigenvalue weighted by atomic mass is 32.2. The van der Waals surface area contributed by atoms with Crippen LogP contribution in [0.3, 0.4) is 0 Å². The third-order valence-electron chi connectivity index (χ3n) is 2.56. The Morgan fingerprint density at radius 2 is 2.40 bits per heavy atom. The molecule has 1 unspecified atom stereocenters. The lowest BCUT2D eigenvalue weighted by Crippen LogP contribution is -2.02. The van der Waals surface area contributed by atoms with E-state index < -0.39 is 9.84 Å². The largest absolute Gasteiger partial charge is 0.330 e. The molecular weight excluding hydrogens is 232 g/mol. The molecule has 1 aliphatic rings. The van der Waals surface area contributed by atoms with Gasteiger partial charge in [0.25, 0.3) is 0 Å². The van der Waals surface area contributed by atoms with Crippen molar-refractivity contribution in [1.82, 2.24) is 4.98 Å². The Hall–Kier alpha value is -0.460. The van der Waals surface area contributed by atoms with Gasteiger partial charge in [0, 0.05) is 23.4 Å². The Bertz CT molecular complexity index is 439. The van der Waals surface area contributed by atoms with Crippen LogP contribution in [0.15, 0.2) is 6.20 Å². The first-order chi connectivity index (χ1) is 7.11. The molecule has 0 radical (unpaired) electrons. The van der Waals surface area contributed by atoms with Gasteiger partial charge < -0.3 is 5.73 Å². The molecular formula is C9H14N2O2S2. The summed E-state index contributed by atoms with van der Waals surface area (Å²) in [7, 11) is -2.79. The monoisotopic (exact) mass is 246 g/mol. The van der Waals surface area contributed by atoms with Gasteiger partial charge in [0.1, 0.15) is 0 Å². The van der Waals surface area contributed by atoms with Crippen LogP contribution in [-0.4, -0.2) is 31.5 Å². The van der Waals surface area contributed by atoms with Gasteiger partial charge in [-0.05, 0) is 13.0 Å². The normalized spacial score (nSPS) is 24.5. The van der Waals surface area contributed by atoms with Crippen LogP contribution < -0.4 is 5.73 Å². The van der Waals surface area contributed by atoms with Crippen molar-refractivity contribution < 1.29 is 8.42 Å². The molecule has 2 rings (SSSR count). The van der Waals surface area contributed by atoms with Crippen LogP contribution in [0.1, 0.15) is 22.2 Å². The van der Waals surface area contributed by atoms with Crippen LogP contribution in [0, 0.1) is 0 Å². The summed E-state index contributed by atoms with van der Waals surface area (Å²) in [5.74, 6) is 0.776. The minimum atomic E-state index is -2.79. The molecule has 2 heterocycles. The van der Waals surface area contributed by atoms with E-state index in [9.17, 15) is 8.42 Å². The molecule has 0 aliphatic carbocycles. The van der Waals surface area contributed by atoms with Crippen molar-refractivity contribution in [2.45, 2.75) is 18.8 Å². The van der Waals surface area contributed by atoms with Gasteiger partial charge in [0.15, 0.2) is 9.84 Å². The van der Waals surface area contributed by atoms with Gasteiger partial charge in [-0.2, -0.15) is 0 Å². The molecule has 1 atom stereocenters. The fourth-order valence-electron chi connectivity index (χ4n) is 1.77. The second-order valence-corrected chi connectivity index (χ2v) is 7.17. The minimum Gasteiger partial charge on any atom is -0.330 e. The van der Waals surface area contributed by atoms with E-state index in [1.807, 2.05) is 0 Å². The first-order valence-corrected chi connectivity index (χ1v) is 7.59. The highest BCUT2D eigenvalue weighted by Crippen LogP contribution is 2.32. The van der Waals surface area contributed by atoms with E-state index >= 15 is 0 Å². The van der Waals surface area contributed by atoms with E-state index in [2.05, 4.69) is 4.98 Å². The zero-order valence-electron chi connectivity index (χ0n) is 8.35. The Kier molecular flexibility index (Phi) is 3.08. The summed E-state index contributed by atoms with van der Waals surface area (Å²) in [6.07, 6.45) is 3.33. The van der Waals surface area contributed by atoms with E-state index in [1.165, 1.54) is 0 Å². The lowest BCUT2D eigenvalue weighted by atomic mass is 10.1. The van der Waals surface area contributed by atoms with Crippen molar-refractivity contribution >= 4 is 21.2 Å². The zero-order chi connectivity index (χ0) is 10.9. The molecule has 4 nitrogen and oxygen atoms in total. The fourth-order valence-corrected chi connectivity index (χ4v) is 4.72. The Balaban J connectivity index is 2.10. The van der Waals surface area contributed by atoms with Crippen LogP contribution in [0.2, 0.25) is 0 Å². The zero-order valence-corrected chi connectivity index (χ0v) is 9.98. The molecule has 0 spiro atoms. The molecule has 0 saturated carbocycles. The lowest BCUT2D eigenvalue weighted by molar-refractivity contribution is 0.601. The SMILES string of the molecule is NCCc1ncc(C2CCS(=O)(=O)C2)s1. The molecule has 1 aromatic heterocycles. The smallest absolute Gasteiger partial charge is 0.150 e. The van der Waals surface area contributed by atoms with Gasteiger partial charge in [-0.15, -0.1) is 11.3 Å². The molecule has 15 heavy (non-hydrogen) atoms. The number of rotatable bonds is 3. The molecule has 1 saturated heterocycles. The second-order valence-electron chi connectivity index (χ2n) is 3.80. The van der Waals surface area contributed by atoms with Crippen LogP contribution in [0.5, 0.6) is 0 Å². The van der Waals surface area contributed by atoms with Gasteiger partial charge in [-0.25, -0.2) is 13.4 Å². The number of hydrogen-bond acceptors (Lipinski definition) is 5. The highest BCUT2D eigenvalue weighted by Gasteiger charge is 2.30. The average molecular weight is 246 g/mol. The first kappa shape index (κ1) is 11.0. The molecule has 2 N–H and O–H groups in total. The number of sulfone groups is 1. The molecule has 0 bridgehead atoms. The van der Waals surface area contributed by atoms with Gasteiger partial charge >= 0.3 is 0 Å². The van der Waals surface area contributed by atoms with Gasteiger partial charge in [0.05, 0.1) is 16.5 Å². The number of aromatic nitrogens is 1. The summed E-state index contributed by atoms with van der Waals surface area (Å²) in [6.45, 7) is 0.593. The van der Waals surface area contributed by atoms with Crippen LogP contribution in [0.25, 0.3) is 0 Å². The van der Waals surface area contributed by atoms with E-state index in [0.717, 1.165) is 22.7 Å². The molecule has 1 aliphatic heterocycles. The number of thiazole rings is 1. The number of hydrogen-bond donors (Lipinski definition) is 1. The predicted molar refractivity (Wildman–Crippen MR) is 60.9 cm³/mol. The van der Waals surface area contributed by atoms with Crippen LogP contribution in [-0.2, 0) is 16.3 Å². The predicted octanol–water partition coefficient (Wildman–Crippen LogP) is 0.546. The maximum absolute atomic E-state index is 11.3. The molecule has 0 aromatic carbocycles. The quantitative estimate of drug-likeness (QED) is 0.845. The average Bonchev–Trinajstić information content (AvgIpc) is 2.73. The Morgan fingerprint density at radius 1 is 1.60 bits per heavy atom. The number of nitrogens with zero attached hydrogens (tertiary/aromatic N) is 1. The van der Waals surface area contributed by atoms with E-state index in [-0.39, 0.29) is 11.7 Å². The van der Waals surface area contributed by atoms with E-state index in [1.54, 1.807) is 17.5 Å². The molecule has 0 amide bonds. The minimum absolute atomic E-state index is 0.166. The standard InChI is InChI=1S/C9H14N2O2S2/c10-3-1-9-11-5-8(14-9)7-2-4-15(12,13)6-7/h5,7H,1-4,6,10H2. The summed E-state index contributed by atoms with van der Waals surface area (Å²) in [6, 6.07) is 0. The number of nitrogens with two attached hydrogens (primary N) is 1. The van der Waals surface area contributed by atoms with Crippen molar-refractivity contribution in [2.75, 3.05) is 18.1 Å². The maximum Gasteiger partial charge on any atom is 0.150 e. The molecule has 84 valence electrons. The summed E-state index contributed by atoms with van der Waals surface area (Å²) >= 11 is 1.60. The summed E-state index contributed by atoms with van der Waals surface area (Å²) in [5.41, 5.74) is 5.44. The van der Waals surface area contributed by atoms with Gasteiger partial charge in [0.2, 0.25) is 0 Å². The molecule has 1 aromatic rings. The topological polar surface area (TPSA) is 73.0 Å². The lowest BCUT2D eigenvalue weighted by Gasteiger charge is -2.01. The van der Waals surface area contributed by atoms with Crippen LogP contribution in [0.4, 0.5) is 0 Å². The Morgan fingerprint density at radius 3 is 3.00 bits per heavy atom. The van der Waals surface area contributed by atoms with Crippen molar-refractivity contribution in [3.63, 3.8) is 0 Å². The van der Waals surface area contributed by atoms with Gasteiger partial charge in [-0.3, -0.25) is 0 Å². The summed E-state index contributed by atoms with van der Waals surface area (Å²) in [4.78, 5) is 5.34. The van der Waals surface area contributed by atoms with E-state index in [0.29, 0.717) is 12.3 Å². The molecule has 6 heteroatoms. The highest BCUT2D eigenvalue weighted by molar-refractivity contribution is 7.91. The van der Waals surface area contributed by atoms with E-state index in [4.69, 9.17) is 5.73 Å². The summed E-state index contributed by atoms with van der Waals surface area (Å²) < 4.78 is 22.6. The third-order valence-corrected chi connectivity index (χ3v) is 5.55. The Labute approximate surface area is 93.4 Å². The first-order valence-electron chi connectivity index (χ1n) is 4.96. The second kappa shape index (κ2) is 4.19. The fraction of sp³-hybridized carbons (Fsp3) is 0.667. The van der Waals surface area contributed by atoms with Crippen molar-refractivity contribution in [1.29, 1.82) is 0 Å². The molecule has 1 fully saturated rings. The van der Waals surface area contributed by atoms with Gasteiger partial charge in [-0.1, -0.05) is 0 Å². The third kappa shape index (κ3) is 2.56. The van der Waals surface area contributed by atoms with Crippen molar-refractivity contribution in [2.24, 2.45) is 5.73 Å². The summed E-state index contributed by atoms with van der Waals surface area (Å²) in [5, 5.41) is 1.01. The van der Waals surface area contributed by atoms with Crippen molar-refractivity contribution in [3.8, 4) is 0 Å². The van der Waals surface area contributed by atoms with Crippen molar-refractivity contribution in [3.05, 3.63) is 16.1 Å². The maximum atomic E-state index is 11.3.